The maximum atomic E-state index is 3.64. The predicted molar refractivity (Wildman–Crippen MR) is 78.8 cm³/mol. The Labute approximate surface area is 105 Å². The van der Waals surface area contributed by atoms with Gasteiger partial charge in [-0.15, -0.1) is 0 Å². The van der Waals surface area contributed by atoms with Crippen molar-refractivity contribution in [3.63, 3.8) is 0 Å². The summed E-state index contributed by atoms with van der Waals surface area (Å²) in [5.74, 6) is 0. The number of rotatable bonds is 3. The van der Waals surface area contributed by atoms with E-state index in [1.807, 2.05) is 6.07 Å². The van der Waals surface area contributed by atoms with Crippen molar-refractivity contribution in [2.75, 3.05) is 4.90 Å². The molecule has 1 nitrogen and oxygen atoms in total. The first-order valence-corrected chi connectivity index (χ1v) is 6.16. The van der Waals surface area contributed by atoms with Crippen LogP contribution in [0.5, 0.6) is 0 Å². The normalized spacial score (nSPS) is 10.0. The van der Waals surface area contributed by atoms with Crippen LogP contribution in [0.4, 0.5) is 11.4 Å². The zero-order valence-corrected chi connectivity index (χ0v) is 11.1. The van der Waals surface area contributed by atoms with E-state index in [0.717, 1.165) is 11.1 Å². The highest BCUT2D eigenvalue weighted by Gasteiger charge is 2.11. The third-order valence-corrected chi connectivity index (χ3v) is 2.93. The number of benzene rings is 2. The number of anilines is 2. The summed E-state index contributed by atoms with van der Waals surface area (Å²) in [7, 11) is 3.64. The predicted octanol–water partition coefficient (Wildman–Crippen LogP) is 4.43. The third kappa shape index (κ3) is 2.57. The second-order valence-electron chi connectivity index (χ2n) is 4.04. The van der Waals surface area contributed by atoms with Crippen LogP contribution in [-0.2, 0) is 0 Å². The molecule has 17 heavy (non-hydrogen) atoms. The van der Waals surface area contributed by atoms with Gasteiger partial charge in [0.1, 0.15) is 0 Å². The van der Waals surface area contributed by atoms with Gasteiger partial charge in [0.15, 0.2) is 0 Å². The van der Waals surface area contributed by atoms with Crippen LogP contribution >= 0.6 is 8.86 Å². The van der Waals surface area contributed by atoms with Gasteiger partial charge in [0.05, 0.1) is 0 Å². The van der Waals surface area contributed by atoms with Gasteiger partial charge in [0, 0.05) is 16.8 Å². The minimum absolute atomic E-state index is 1.07. The van der Waals surface area contributed by atoms with Crippen molar-refractivity contribution in [2.45, 2.75) is 13.8 Å². The average molecular weight is 241 g/mol. The standard InChI is InChI=1S/C15H16NP/c1-12-8-6-7-11-15(12)16(13(2)17)14-9-4-3-5-10-14/h3-11,17H,1-2H3. The molecule has 0 radical (unpaired) electrons. The van der Waals surface area contributed by atoms with Crippen LogP contribution < -0.4 is 4.90 Å². The van der Waals surface area contributed by atoms with Gasteiger partial charge >= 0.3 is 0 Å². The number of aryl methyl sites for hydroxylation is 1. The van der Waals surface area contributed by atoms with Crippen molar-refractivity contribution >= 4 is 25.7 Å². The van der Waals surface area contributed by atoms with E-state index in [4.69, 9.17) is 0 Å². The van der Waals surface area contributed by atoms with Crippen molar-refractivity contribution in [3.8, 4) is 0 Å². The van der Waals surface area contributed by atoms with Gasteiger partial charge in [-0.2, -0.15) is 0 Å². The zero-order valence-electron chi connectivity index (χ0n) is 10.1. The largest absolute Gasteiger partial charge is 0.311 e. The molecule has 0 aromatic heterocycles. The Balaban J connectivity index is 2.51. The summed E-state index contributed by atoms with van der Waals surface area (Å²) in [6.07, 6.45) is 0. The SMILES string of the molecule is CC(=P)N(c1ccccc1)c1ccccc1C. The molecule has 2 aromatic carbocycles. The molecule has 0 saturated heterocycles. The molecular weight excluding hydrogens is 225 g/mol. The Hall–Kier alpha value is -1.59. The number of nitrogens with zero attached hydrogens (tertiary/aromatic N) is 1. The first kappa shape index (κ1) is 11.9. The van der Waals surface area contributed by atoms with E-state index >= 15 is 0 Å². The van der Waals surface area contributed by atoms with Gasteiger partial charge < -0.3 is 4.90 Å². The van der Waals surface area contributed by atoms with Crippen LogP contribution in [-0.4, -0.2) is 5.42 Å². The molecule has 0 atom stereocenters. The molecule has 0 unspecified atom stereocenters. The third-order valence-electron chi connectivity index (χ3n) is 2.71. The van der Waals surface area contributed by atoms with E-state index in [-0.39, 0.29) is 0 Å². The van der Waals surface area contributed by atoms with Gasteiger partial charge in [-0.1, -0.05) is 45.3 Å². The summed E-state index contributed by atoms with van der Waals surface area (Å²) in [6.45, 7) is 4.18. The second kappa shape index (κ2) is 5.16. The minimum atomic E-state index is 1.07. The Morgan fingerprint density at radius 1 is 0.941 bits per heavy atom. The van der Waals surface area contributed by atoms with E-state index < -0.39 is 0 Å². The minimum Gasteiger partial charge on any atom is -0.311 e. The summed E-state index contributed by atoms with van der Waals surface area (Å²) < 4.78 is 0. The van der Waals surface area contributed by atoms with E-state index in [0.29, 0.717) is 0 Å². The molecule has 0 fully saturated rings. The lowest BCUT2D eigenvalue weighted by Crippen LogP contribution is -2.21. The summed E-state index contributed by atoms with van der Waals surface area (Å²) in [5, 5.41) is 0. The van der Waals surface area contributed by atoms with Crippen LogP contribution in [0.15, 0.2) is 54.6 Å². The van der Waals surface area contributed by atoms with Crippen LogP contribution in [0.3, 0.4) is 0 Å². The molecule has 0 spiro atoms. The molecule has 0 aliphatic heterocycles. The van der Waals surface area contributed by atoms with Gasteiger partial charge in [-0.3, -0.25) is 0 Å². The van der Waals surface area contributed by atoms with E-state index in [1.165, 1.54) is 11.3 Å². The molecule has 2 aromatic rings. The summed E-state index contributed by atoms with van der Waals surface area (Å²) in [4.78, 5) is 2.20. The van der Waals surface area contributed by atoms with Gasteiger partial charge in [0.2, 0.25) is 0 Å². The van der Waals surface area contributed by atoms with Gasteiger partial charge in [-0.05, 0) is 37.6 Å². The lowest BCUT2D eigenvalue weighted by Gasteiger charge is -2.26. The van der Waals surface area contributed by atoms with Crippen molar-refractivity contribution in [1.29, 1.82) is 0 Å². The maximum absolute atomic E-state index is 3.64. The van der Waals surface area contributed by atoms with Crippen LogP contribution in [0.1, 0.15) is 12.5 Å². The Kier molecular flexibility index (Phi) is 3.61. The molecular formula is C15H16NP. The maximum Gasteiger partial charge on any atom is 0.0490 e. The Bertz CT molecular complexity index is 519. The smallest absolute Gasteiger partial charge is 0.0490 e. The van der Waals surface area contributed by atoms with Crippen molar-refractivity contribution in [2.24, 2.45) is 0 Å². The highest BCUT2D eigenvalue weighted by atomic mass is 31.0. The van der Waals surface area contributed by atoms with Crippen molar-refractivity contribution < 1.29 is 0 Å². The Morgan fingerprint density at radius 3 is 2.12 bits per heavy atom. The fraction of sp³-hybridized carbons (Fsp3) is 0.133. The first-order valence-electron chi connectivity index (χ1n) is 5.66. The Morgan fingerprint density at radius 2 is 1.53 bits per heavy atom. The molecule has 0 amide bonds. The monoisotopic (exact) mass is 241 g/mol. The quantitative estimate of drug-likeness (QED) is 0.719. The molecule has 0 saturated carbocycles. The topological polar surface area (TPSA) is 3.24 Å². The van der Waals surface area contributed by atoms with Crippen LogP contribution in [0.25, 0.3) is 0 Å². The highest BCUT2D eigenvalue weighted by molar-refractivity contribution is 7.21. The molecule has 0 aliphatic rings. The zero-order chi connectivity index (χ0) is 12.3. The first-order chi connectivity index (χ1) is 8.20. The van der Waals surface area contributed by atoms with Gasteiger partial charge in [0.25, 0.3) is 0 Å². The van der Waals surface area contributed by atoms with Crippen LogP contribution in [0, 0.1) is 6.92 Å². The average Bonchev–Trinajstić information content (AvgIpc) is 2.33. The number of para-hydroxylation sites is 2. The molecule has 2 rings (SSSR count). The summed E-state index contributed by atoms with van der Waals surface area (Å²) >= 11 is 0. The van der Waals surface area contributed by atoms with E-state index in [2.05, 4.69) is 76.1 Å². The molecule has 0 aliphatic carbocycles. The second-order valence-corrected chi connectivity index (χ2v) is 4.77. The molecule has 2 heteroatoms. The van der Waals surface area contributed by atoms with Gasteiger partial charge in [-0.25, -0.2) is 0 Å². The number of hydrogen-bond acceptors (Lipinski definition) is 0. The van der Waals surface area contributed by atoms with E-state index in [9.17, 15) is 0 Å². The van der Waals surface area contributed by atoms with Crippen LogP contribution in [0.2, 0.25) is 0 Å². The molecule has 86 valence electrons. The summed E-state index contributed by atoms with van der Waals surface area (Å²) in [6, 6.07) is 18.7. The van der Waals surface area contributed by atoms with E-state index in [1.54, 1.807) is 0 Å². The lowest BCUT2D eigenvalue weighted by atomic mass is 10.1. The number of hydrogen-bond donors (Lipinski definition) is 0. The molecule has 0 bridgehead atoms. The van der Waals surface area contributed by atoms with Crippen molar-refractivity contribution in [3.05, 3.63) is 60.2 Å². The fourth-order valence-corrected chi connectivity index (χ4v) is 2.15. The molecule has 0 heterocycles. The summed E-state index contributed by atoms with van der Waals surface area (Å²) in [5.41, 5.74) is 4.69. The van der Waals surface area contributed by atoms with Crippen molar-refractivity contribution in [1.82, 2.24) is 0 Å². The lowest BCUT2D eigenvalue weighted by molar-refractivity contribution is 1.30. The highest BCUT2D eigenvalue weighted by Crippen LogP contribution is 2.28. The molecule has 0 N–H and O–H groups in total. The fourth-order valence-electron chi connectivity index (χ4n) is 1.90.